The van der Waals surface area contributed by atoms with Crippen LogP contribution in [0, 0.1) is 5.82 Å². The summed E-state index contributed by atoms with van der Waals surface area (Å²) in [5, 5.41) is 0.473. The van der Waals surface area contributed by atoms with E-state index < -0.39 is 5.97 Å². The van der Waals surface area contributed by atoms with Gasteiger partial charge in [0.15, 0.2) is 0 Å². The van der Waals surface area contributed by atoms with Gasteiger partial charge in [-0.15, -0.1) is 11.3 Å². The van der Waals surface area contributed by atoms with Crippen LogP contribution < -0.4 is 5.43 Å². The lowest BCUT2D eigenvalue weighted by Crippen LogP contribution is -2.23. The molecule has 2 aromatic heterocycles. The molecular weight excluding hydrogens is 601 g/mol. The number of fused-ring (bicyclic) bond motifs is 1. The number of ether oxygens (including phenoxy) is 1. The number of esters is 1. The molecule has 1 amide bonds. The minimum Gasteiger partial charge on any atom is -0.462 e. The van der Waals surface area contributed by atoms with E-state index in [1.165, 1.54) is 23.6 Å². The summed E-state index contributed by atoms with van der Waals surface area (Å²) in [5.41, 5.74) is 3.04. The van der Waals surface area contributed by atoms with Crippen LogP contribution in [0.2, 0.25) is 0 Å². The number of hydrogen-bond donors (Lipinski definition) is 0. The maximum Gasteiger partial charge on any atom is 0.343 e. The van der Waals surface area contributed by atoms with Crippen molar-refractivity contribution in [2.75, 3.05) is 26.7 Å². The van der Waals surface area contributed by atoms with Crippen molar-refractivity contribution in [3.05, 3.63) is 129 Å². The van der Waals surface area contributed by atoms with Gasteiger partial charge >= 0.3 is 5.97 Å². The highest BCUT2D eigenvalue weighted by atomic mass is 32.1. The molecule has 0 bridgehead atoms. The average Bonchev–Trinajstić information content (AvgIpc) is 3.45. The summed E-state index contributed by atoms with van der Waals surface area (Å²) in [4.78, 5) is 42.2. The number of benzene rings is 3. The third-order valence-electron chi connectivity index (χ3n) is 7.52. The number of thiophene rings is 1. The maximum absolute atomic E-state index is 14.7. The summed E-state index contributed by atoms with van der Waals surface area (Å²) in [6.07, 6.45) is 2.37. The third-order valence-corrected chi connectivity index (χ3v) is 8.84. The van der Waals surface area contributed by atoms with Crippen LogP contribution in [0.15, 0.2) is 95.9 Å². The highest BCUT2D eigenvalue weighted by Crippen LogP contribution is 2.38. The second-order valence-corrected chi connectivity index (χ2v) is 11.8. The fourth-order valence-corrected chi connectivity index (χ4v) is 6.43. The smallest absolute Gasteiger partial charge is 0.343 e. The molecule has 9 heteroatoms. The molecule has 240 valence electrons. The topological polar surface area (TPSA) is 71.8 Å². The van der Waals surface area contributed by atoms with Gasteiger partial charge in [-0.2, -0.15) is 0 Å². The molecule has 0 aliphatic carbocycles. The average molecular weight is 642 g/mol. The fraction of sp³-hybridized carbons (Fsp3) is 0.270. The van der Waals surface area contributed by atoms with E-state index in [9.17, 15) is 18.8 Å². The van der Waals surface area contributed by atoms with Gasteiger partial charge in [-0.3, -0.25) is 14.5 Å². The van der Waals surface area contributed by atoms with Crippen LogP contribution in [-0.4, -0.2) is 53.5 Å². The molecule has 0 aliphatic heterocycles. The highest BCUT2D eigenvalue weighted by molar-refractivity contribution is 7.22. The Kier molecular flexibility index (Phi) is 12.4. The first-order valence-electron chi connectivity index (χ1n) is 15.4. The van der Waals surface area contributed by atoms with Crippen molar-refractivity contribution in [2.45, 2.75) is 40.4 Å². The van der Waals surface area contributed by atoms with Gasteiger partial charge < -0.3 is 14.2 Å². The van der Waals surface area contributed by atoms with Crippen LogP contribution >= 0.6 is 11.3 Å². The maximum atomic E-state index is 14.7. The summed E-state index contributed by atoms with van der Waals surface area (Å²) in [6, 6.07) is 26.6. The Hall–Kier alpha value is -4.60. The predicted octanol–water partition coefficient (Wildman–Crippen LogP) is 7.21. The van der Waals surface area contributed by atoms with Crippen molar-refractivity contribution in [2.24, 2.45) is 0 Å². The Morgan fingerprint density at radius 2 is 1.54 bits per heavy atom. The first-order valence-corrected chi connectivity index (χ1v) is 16.2. The SMILES string of the molecule is CCN(C=O)CC.CCOC(=O)c1cn(Cc2ccccc2F)c2sc(-c3ccccc3)c(CN(C)Cc3ccccc3)c2c1=O. The number of carbonyl (C=O) groups is 2. The van der Waals surface area contributed by atoms with E-state index in [4.69, 9.17) is 4.74 Å². The van der Waals surface area contributed by atoms with E-state index in [0.717, 1.165) is 41.1 Å². The van der Waals surface area contributed by atoms with Gasteiger partial charge in [-0.05, 0) is 50.6 Å². The summed E-state index contributed by atoms with van der Waals surface area (Å²) < 4.78 is 21.7. The standard InChI is InChI=1S/C32H29FN2O3S.C5H11NO/c1-3-38-32(37)26-21-35(19-24-16-10-11-17-27(24)33)31-28(29(26)36)25(30(39-31)23-14-8-5-9-15-23)20-34(2)18-22-12-6-4-7-13-22;1-3-6(4-2)5-7/h4-17,21H,3,18-20H2,1-2H3;5H,3-4H2,1-2H3. The van der Waals surface area contributed by atoms with E-state index >= 15 is 0 Å². The van der Waals surface area contributed by atoms with Gasteiger partial charge in [-0.25, -0.2) is 9.18 Å². The lowest BCUT2D eigenvalue weighted by atomic mass is 10.0. The van der Waals surface area contributed by atoms with E-state index in [1.807, 2.05) is 69.4 Å². The minimum atomic E-state index is -0.678. The van der Waals surface area contributed by atoms with E-state index in [2.05, 4.69) is 17.0 Å². The van der Waals surface area contributed by atoms with Gasteiger partial charge in [0.25, 0.3) is 0 Å². The van der Waals surface area contributed by atoms with E-state index in [-0.39, 0.29) is 30.0 Å². The molecule has 0 atom stereocenters. The first-order chi connectivity index (χ1) is 22.3. The number of pyridine rings is 1. The molecule has 0 radical (unpaired) electrons. The van der Waals surface area contributed by atoms with Gasteiger partial charge in [0.05, 0.1) is 18.5 Å². The van der Waals surface area contributed by atoms with Crippen LogP contribution in [0.1, 0.15) is 47.8 Å². The zero-order valence-electron chi connectivity index (χ0n) is 26.7. The first kappa shape index (κ1) is 34.3. The van der Waals surface area contributed by atoms with Crippen molar-refractivity contribution >= 4 is 33.9 Å². The summed E-state index contributed by atoms with van der Waals surface area (Å²) in [7, 11) is 2.01. The van der Waals surface area contributed by atoms with Gasteiger partial charge in [0, 0.05) is 42.8 Å². The normalized spacial score (nSPS) is 10.8. The molecule has 7 nitrogen and oxygen atoms in total. The number of hydrogen-bond acceptors (Lipinski definition) is 6. The molecule has 3 aromatic carbocycles. The van der Waals surface area contributed by atoms with Crippen molar-refractivity contribution < 1.29 is 18.7 Å². The molecule has 0 N–H and O–H groups in total. The Morgan fingerprint density at radius 1 is 0.913 bits per heavy atom. The van der Waals surface area contributed by atoms with Crippen LogP contribution in [0.4, 0.5) is 4.39 Å². The Labute approximate surface area is 273 Å². The molecule has 0 saturated carbocycles. The second kappa shape index (κ2) is 16.6. The van der Waals surface area contributed by atoms with Gasteiger partial charge in [0.1, 0.15) is 16.2 Å². The van der Waals surface area contributed by atoms with Gasteiger partial charge in [-0.1, -0.05) is 78.9 Å². The van der Waals surface area contributed by atoms with Crippen molar-refractivity contribution in [1.29, 1.82) is 0 Å². The number of amides is 1. The summed E-state index contributed by atoms with van der Waals surface area (Å²) >= 11 is 1.49. The monoisotopic (exact) mass is 641 g/mol. The predicted molar refractivity (Wildman–Crippen MR) is 184 cm³/mol. The molecule has 0 spiro atoms. The fourth-order valence-electron chi connectivity index (χ4n) is 5.15. The zero-order chi connectivity index (χ0) is 33.1. The Morgan fingerprint density at radius 3 is 2.13 bits per heavy atom. The van der Waals surface area contributed by atoms with E-state index in [1.54, 1.807) is 34.6 Å². The molecular formula is C37H40FN3O4S. The van der Waals surface area contributed by atoms with Crippen molar-refractivity contribution in [3.8, 4) is 10.4 Å². The molecule has 0 fully saturated rings. The molecule has 0 aliphatic rings. The third kappa shape index (κ3) is 8.35. The second-order valence-electron chi connectivity index (χ2n) is 10.8. The lowest BCUT2D eigenvalue weighted by Gasteiger charge is -2.18. The quantitative estimate of drug-likeness (QED) is 0.106. The van der Waals surface area contributed by atoms with Crippen LogP contribution in [0.5, 0.6) is 0 Å². The number of carbonyl (C=O) groups excluding carboxylic acids is 2. The molecule has 0 saturated heterocycles. The summed E-state index contributed by atoms with van der Waals surface area (Å²) in [5.74, 6) is -1.02. The highest BCUT2D eigenvalue weighted by Gasteiger charge is 2.25. The minimum absolute atomic E-state index is 0.0509. The molecule has 46 heavy (non-hydrogen) atoms. The lowest BCUT2D eigenvalue weighted by molar-refractivity contribution is -0.117. The van der Waals surface area contributed by atoms with E-state index in [0.29, 0.717) is 28.9 Å². The van der Waals surface area contributed by atoms with Crippen molar-refractivity contribution in [3.63, 3.8) is 0 Å². The largest absolute Gasteiger partial charge is 0.462 e. The number of halogens is 1. The molecule has 5 rings (SSSR count). The molecule has 5 aromatic rings. The number of nitrogens with zero attached hydrogens (tertiary/aromatic N) is 3. The van der Waals surface area contributed by atoms with Crippen LogP contribution in [0.3, 0.4) is 0 Å². The van der Waals surface area contributed by atoms with Crippen molar-refractivity contribution in [1.82, 2.24) is 14.4 Å². The summed E-state index contributed by atoms with van der Waals surface area (Å²) in [6.45, 7) is 8.75. The Balaban J connectivity index is 0.000000617. The van der Waals surface area contributed by atoms with Crippen LogP contribution in [-0.2, 0) is 29.2 Å². The molecule has 0 unspecified atom stereocenters. The van der Waals surface area contributed by atoms with Gasteiger partial charge in [0.2, 0.25) is 11.8 Å². The van der Waals surface area contributed by atoms with Crippen LogP contribution in [0.25, 0.3) is 20.7 Å². The number of aromatic nitrogens is 1. The molecule has 2 heterocycles. The Bertz CT molecular complexity index is 1800. The number of rotatable bonds is 12. The zero-order valence-corrected chi connectivity index (χ0v) is 27.6.